The minimum atomic E-state index is 0. The molecule has 0 aromatic heterocycles. The smallest absolute Gasteiger partial charge is 0.191 e. The first-order chi connectivity index (χ1) is 13.6. The van der Waals surface area contributed by atoms with Crippen LogP contribution in [0.2, 0.25) is 0 Å². The predicted molar refractivity (Wildman–Crippen MR) is 131 cm³/mol. The van der Waals surface area contributed by atoms with Crippen LogP contribution in [0.4, 0.5) is 0 Å². The fraction of sp³-hybridized carbons (Fsp3) is 0.409. The molecule has 7 heteroatoms. The van der Waals surface area contributed by atoms with Crippen molar-refractivity contribution in [2.75, 3.05) is 47.9 Å². The fourth-order valence-corrected chi connectivity index (χ4v) is 2.62. The molecule has 2 aromatic carbocycles. The van der Waals surface area contributed by atoms with Gasteiger partial charge in [-0.05, 0) is 55.9 Å². The second-order valence-electron chi connectivity index (χ2n) is 6.75. The number of ether oxygens (including phenoxy) is 2. The molecule has 0 unspecified atom stereocenters. The molecule has 2 aromatic rings. The molecule has 29 heavy (non-hydrogen) atoms. The highest BCUT2D eigenvalue weighted by Crippen LogP contribution is 2.13. The van der Waals surface area contributed by atoms with Crippen LogP contribution in [0.25, 0.3) is 0 Å². The molecule has 0 aliphatic heterocycles. The van der Waals surface area contributed by atoms with Crippen LogP contribution < -0.4 is 20.1 Å². The first-order valence-electron chi connectivity index (χ1n) is 9.54. The molecule has 0 aliphatic carbocycles. The van der Waals surface area contributed by atoms with E-state index in [4.69, 9.17) is 9.47 Å². The van der Waals surface area contributed by atoms with Gasteiger partial charge in [-0.3, -0.25) is 4.99 Å². The molecule has 160 valence electrons. The number of aliphatic imine (C=N–C) groups is 1. The number of benzene rings is 2. The van der Waals surface area contributed by atoms with Gasteiger partial charge in [0.05, 0.1) is 7.11 Å². The lowest BCUT2D eigenvalue weighted by Gasteiger charge is -2.14. The van der Waals surface area contributed by atoms with Crippen molar-refractivity contribution in [2.24, 2.45) is 4.99 Å². The number of methoxy groups -OCH3 is 1. The highest BCUT2D eigenvalue weighted by Gasteiger charge is 2.02. The van der Waals surface area contributed by atoms with Crippen LogP contribution in [0.3, 0.4) is 0 Å². The number of rotatable bonds is 10. The first kappa shape index (κ1) is 25.0. The third-order valence-corrected chi connectivity index (χ3v) is 4.25. The van der Waals surface area contributed by atoms with Crippen LogP contribution in [0.1, 0.15) is 11.1 Å². The summed E-state index contributed by atoms with van der Waals surface area (Å²) in [5.41, 5.74) is 2.41. The Balaban J connectivity index is 0.00000420. The van der Waals surface area contributed by atoms with Crippen molar-refractivity contribution >= 4 is 29.9 Å². The predicted octanol–water partition coefficient (Wildman–Crippen LogP) is 3.16. The number of hydrogen-bond acceptors (Lipinski definition) is 4. The van der Waals surface area contributed by atoms with Crippen molar-refractivity contribution in [2.45, 2.75) is 13.0 Å². The number of hydrogen-bond donors (Lipinski definition) is 2. The molecule has 2 N–H and O–H groups in total. The Kier molecular flexibility index (Phi) is 12.1. The minimum absolute atomic E-state index is 0. The molecule has 6 nitrogen and oxygen atoms in total. The summed E-state index contributed by atoms with van der Waals surface area (Å²) in [7, 11) is 7.54. The van der Waals surface area contributed by atoms with Crippen molar-refractivity contribution in [1.29, 1.82) is 0 Å². The largest absolute Gasteiger partial charge is 0.497 e. The second-order valence-corrected chi connectivity index (χ2v) is 6.75. The van der Waals surface area contributed by atoms with E-state index in [1.165, 1.54) is 5.56 Å². The van der Waals surface area contributed by atoms with Crippen molar-refractivity contribution < 1.29 is 9.47 Å². The SMILES string of the molecule is CN=C(NCCc1ccc(OC)cc1)NCc1cccc(OCCN(C)C)c1.I. The third kappa shape index (κ3) is 9.85. The van der Waals surface area contributed by atoms with Crippen molar-refractivity contribution in [1.82, 2.24) is 15.5 Å². The molecular formula is C22H33IN4O2. The molecule has 0 aliphatic rings. The summed E-state index contributed by atoms with van der Waals surface area (Å²) in [6.45, 7) is 3.07. The summed E-state index contributed by atoms with van der Waals surface area (Å²) >= 11 is 0. The summed E-state index contributed by atoms with van der Waals surface area (Å²) in [4.78, 5) is 6.39. The van der Waals surface area contributed by atoms with Gasteiger partial charge in [-0.15, -0.1) is 24.0 Å². The topological polar surface area (TPSA) is 58.1 Å². The highest BCUT2D eigenvalue weighted by molar-refractivity contribution is 14.0. The highest BCUT2D eigenvalue weighted by atomic mass is 127. The molecule has 0 saturated carbocycles. The number of likely N-dealkylation sites (N-methyl/N-ethyl adjacent to an activating group) is 1. The Morgan fingerprint density at radius 3 is 2.41 bits per heavy atom. The zero-order valence-corrected chi connectivity index (χ0v) is 20.1. The molecule has 0 spiro atoms. The van der Waals surface area contributed by atoms with Gasteiger partial charge in [-0.2, -0.15) is 0 Å². The van der Waals surface area contributed by atoms with Crippen LogP contribution in [-0.2, 0) is 13.0 Å². The van der Waals surface area contributed by atoms with Gasteiger partial charge in [-0.25, -0.2) is 0 Å². The van der Waals surface area contributed by atoms with E-state index in [0.29, 0.717) is 13.2 Å². The van der Waals surface area contributed by atoms with Crippen LogP contribution in [0.5, 0.6) is 11.5 Å². The fourth-order valence-electron chi connectivity index (χ4n) is 2.62. The van der Waals surface area contributed by atoms with E-state index < -0.39 is 0 Å². The van der Waals surface area contributed by atoms with Crippen molar-refractivity contribution in [3.8, 4) is 11.5 Å². The van der Waals surface area contributed by atoms with Gasteiger partial charge in [0.2, 0.25) is 0 Å². The van der Waals surface area contributed by atoms with Gasteiger partial charge < -0.3 is 25.0 Å². The molecule has 0 atom stereocenters. The van der Waals surface area contributed by atoms with Gasteiger partial charge in [-0.1, -0.05) is 24.3 Å². The zero-order chi connectivity index (χ0) is 20.2. The Morgan fingerprint density at radius 1 is 1.00 bits per heavy atom. The van der Waals surface area contributed by atoms with E-state index in [-0.39, 0.29) is 24.0 Å². The summed E-state index contributed by atoms with van der Waals surface area (Å²) in [6, 6.07) is 16.3. The Hall–Kier alpha value is -2.00. The van der Waals surface area contributed by atoms with Crippen LogP contribution in [0.15, 0.2) is 53.5 Å². The Bertz CT molecular complexity index is 736. The summed E-state index contributed by atoms with van der Waals surface area (Å²) < 4.78 is 11.0. The van der Waals surface area contributed by atoms with Gasteiger partial charge in [0.15, 0.2) is 5.96 Å². The van der Waals surface area contributed by atoms with E-state index in [1.807, 2.05) is 38.4 Å². The molecule has 0 saturated heterocycles. The Morgan fingerprint density at radius 2 is 1.76 bits per heavy atom. The summed E-state index contributed by atoms with van der Waals surface area (Å²) in [5, 5.41) is 6.70. The van der Waals surface area contributed by atoms with Crippen LogP contribution in [-0.4, -0.2) is 58.8 Å². The van der Waals surface area contributed by atoms with E-state index in [0.717, 1.165) is 42.5 Å². The zero-order valence-electron chi connectivity index (χ0n) is 17.8. The number of halogens is 1. The molecule has 2 rings (SSSR count). The standard InChI is InChI=1S/C22H32N4O2.HI/c1-23-22(24-13-12-18-8-10-20(27-4)11-9-18)25-17-19-6-5-7-21(16-19)28-15-14-26(2)3;/h5-11,16H,12-15,17H2,1-4H3,(H2,23,24,25);1H. The molecule has 0 radical (unpaired) electrons. The molecule has 0 bridgehead atoms. The van der Waals surface area contributed by atoms with Crippen LogP contribution in [0, 0.1) is 0 Å². The maximum atomic E-state index is 5.80. The van der Waals surface area contributed by atoms with Crippen molar-refractivity contribution in [3.05, 3.63) is 59.7 Å². The summed E-state index contributed by atoms with van der Waals surface area (Å²) in [6.07, 6.45) is 0.917. The number of nitrogens with zero attached hydrogens (tertiary/aromatic N) is 2. The number of guanidine groups is 1. The normalized spacial score (nSPS) is 11.0. The van der Waals surface area contributed by atoms with E-state index in [1.54, 1.807) is 14.2 Å². The second kappa shape index (κ2) is 14.1. The number of nitrogens with one attached hydrogen (secondary N) is 2. The molecule has 0 amide bonds. The van der Waals surface area contributed by atoms with Gasteiger partial charge in [0.25, 0.3) is 0 Å². The summed E-state index contributed by atoms with van der Waals surface area (Å²) in [5.74, 6) is 2.55. The lowest BCUT2D eigenvalue weighted by atomic mass is 10.1. The average molecular weight is 512 g/mol. The van der Waals surface area contributed by atoms with Gasteiger partial charge in [0.1, 0.15) is 18.1 Å². The Labute approximate surface area is 191 Å². The van der Waals surface area contributed by atoms with E-state index >= 15 is 0 Å². The van der Waals surface area contributed by atoms with Gasteiger partial charge in [0, 0.05) is 26.7 Å². The van der Waals surface area contributed by atoms with Gasteiger partial charge >= 0.3 is 0 Å². The van der Waals surface area contributed by atoms with E-state index in [2.05, 4.69) is 44.8 Å². The monoisotopic (exact) mass is 512 g/mol. The lowest BCUT2D eigenvalue weighted by Crippen LogP contribution is -2.37. The maximum absolute atomic E-state index is 5.80. The first-order valence-corrected chi connectivity index (χ1v) is 9.54. The maximum Gasteiger partial charge on any atom is 0.191 e. The molecule has 0 heterocycles. The van der Waals surface area contributed by atoms with E-state index in [9.17, 15) is 0 Å². The lowest BCUT2D eigenvalue weighted by molar-refractivity contribution is 0.261. The average Bonchev–Trinajstić information content (AvgIpc) is 2.71. The van der Waals surface area contributed by atoms with Crippen molar-refractivity contribution in [3.63, 3.8) is 0 Å². The molecular weight excluding hydrogens is 479 g/mol. The third-order valence-electron chi connectivity index (χ3n) is 4.25. The van der Waals surface area contributed by atoms with Crippen LogP contribution >= 0.6 is 24.0 Å². The quantitative estimate of drug-likeness (QED) is 0.291. The molecule has 0 fully saturated rings. The minimum Gasteiger partial charge on any atom is -0.497 e.